The highest BCUT2D eigenvalue weighted by Gasteiger charge is 2.28. The van der Waals surface area contributed by atoms with Crippen LogP contribution in [0.2, 0.25) is 0 Å². The van der Waals surface area contributed by atoms with E-state index in [0.717, 1.165) is 18.8 Å². The summed E-state index contributed by atoms with van der Waals surface area (Å²) < 4.78 is 4.82. The second-order valence-corrected chi connectivity index (χ2v) is 5.13. The van der Waals surface area contributed by atoms with E-state index in [9.17, 15) is 4.79 Å². The Morgan fingerprint density at radius 2 is 1.94 bits per heavy atom. The molecule has 4 nitrogen and oxygen atoms in total. The summed E-state index contributed by atoms with van der Waals surface area (Å²) in [7, 11) is 1.39. The lowest BCUT2D eigenvalue weighted by Crippen LogP contribution is -2.22. The summed E-state index contributed by atoms with van der Waals surface area (Å²) in [6.07, 6.45) is 0. The molecule has 2 unspecified atom stereocenters. The highest BCUT2D eigenvalue weighted by atomic mass is 16.5. The fourth-order valence-electron chi connectivity index (χ4n) is 2.43. The van der Waals surface area contributed by atoms with Gasteiger partial charge < -0.3 is 15.4 Å². The lowest BCUT2D eigenvalue weighted by Gasteiger charge is -2.21. The van der Waals surface area contributed by atoms with Gasteiger partial charge in [0.05, 0.1) is 18.4 Å². The van der Waals surface area contributed by atoms with Gasteiger partial charge in [-0.2, -0.15) is 0 Å². The van der Waals surface area contributed by atoms with Crippen molar-refractivity contribution in [2.45, 2.75) is 13.8 Å². The number of nitrogens with zero attached hydrogens (tertiary/aromatic N) is 1. The smallest absolute Gasteiger partial charge is 0.340 e. The molecule has 0 bridgehead atoms. The minimum absolute atomic E-state index is 0.329. The number of methoxy groups -OCH3 is 1. The lowest BCUT2D eigenvalue weighted by molar-refractivity contribution is 0.0601. The number of carbonyl (C=O) groups excluding carboxylic acids is 1. The van der Waals surface area contributed by atoms with Crippen molar-refractivity contribution >= 4 is 17.3 Å². The van der Waals surface area contributed by atoms with Gasteiger partial charge in [0, 0.05) is 18.8 Å². The highest BCUT2D eigenvalue weighted by molar-refractivity contribution is 5.97. The van der Waals surface area contributed by atoms with E-state index in [1.807, 2.05) is 12.1 Å². The van der Waals surface area contributed by atoms with Gasteiger partial charge in [-0.15, -0.1) is 0 Å². The second-order valence-electron chi connectivity index (χ2n) is 5.13. The van der Waals surface area contributed by atoms with Crippen molar-refractivity contribution in [3.63, 3.8) is 0 Å². The van der Waals surface area contributed by atoms with E-state index in [2.05, 4.69) is 18.7 Å². The number of benzene rings is 1. The van der Waals surface area contributed by atoms with E-state index in [1.165, 1.54) is 7.11 Å². The van der Waals surface area contributed by atoms with Crippen molar-refractivity contribution in [2.75, 3.05) is 30.8 Å². The molecule has 2 N–H and O–H groups in total. The molecule has 2 rings (SSSR count). The Morgan fingerprint density at radius 1 is 1.33 bits per heavy atom. The maximum Gasteiger partial charge on any atom is 0.340 e. The minimum atomic E-state index is -0.329. The lowest BCUT2D eigenvalue weighted by atomic mass is 10.0. The molecule has 0 radical (unpaired) electrons. The molecule has 1 aromatic rings. The zero-order chi connectivity index (χ0) is 13.3. The van der Waals surface area contributed by atoms with Crippen LogP contribution in [-0.2, 0) is 4.74 Å². The second kappa shape index (κ2) is 4.88. The van der Waals surface area contributed by atoms with Crippen LogP contribution in [0, 0.1) is 11.8 Å². The predicted octanol–water partition coefficient (Wildman–Crippen LogP) is 2.15. The molecule has 1 saturated heterocycles. The van der Waals surface area contributed by atoms with Gasteiger partial charge in [0.15, 0.2) is 0 Å². The van der Waals surface area contributed by atoms with Crippen molar-refractivity contribution in [2.24, 2.45) is 11.8 Å². The first-order chi connectivity index (χ1) is 8.52. The summed E-state index contributed by atoms with van der Waals surface area (Å²) in [5, 5.41) is 0. The maximum absolute atomic E-state index is 11.8. The SMILES string of the molecule is COC(=O)c1cc(N)ccc1N1CC(C)C(C)C1. The first-order valence-corrected chi connectivity index (χ1v) is 6.25. The molecule has 0 spiro atoms. The summed E-state index contributed by atoms with van der Waals surface area (Å²) in [6, 6.07) is 5.43. The Labute approximate surface area is 108 Å². The summed E-state index contributed by atoms with van der Waals surface area (Å²) in [6.45, 7) is 6.41. The Morgan fingerprint density at radius 3 is 2.50 bits per heavy atom. The minimum Gasteiger partial charge on any atom is -0.465 e. The van der Waals surface area contributed by atoms with E-state index in [0.29, 0.717) is 23.1 Å². The van der Waals surface area contributed by atoms with Gasteiger partial charge in [-0.05, 0) is 30.0 Å². The van der Waals surface area contributed by atoms with Crippen molar-refractivity contribution in [3.05, 3.63) is 23.8 Å². The molecule has 18 heavy (non-hydrogen) atoms. The van der Waals surface area contributed by atoms with Crippen molar-refractivity contribution in [3.8, 4) is 0 Å². The van der Waals surface area contributed by atoms with Gasteiger partial charge in [-0.1, -0.05) is 13.8 Å². The van der Waals surface area contributed by atoms with Crippen molar-refractivity contribution in [1.82, 2.24) is 0 Å². The number of nitrogen functional groups attached to an aromatic ring is 1. The molecule has 2 atom stereocenters. The normalized spacial score (nSPS) is 23.2. The van der Waals surface area contributed by atoms with Gasteiger partial charge in [0.1, 0.15) is 0 Å². The first-order valence-electron chi connectivity index (χ1n) is 6.25. The van der Waals surface area contributed by atoms with Crippen LogP contribution in [0.25, 0.3) is 0 Å². The third kappa shape index (κ3) is 2.28. The van der Waals surface area contributed by atoms with Crippen LogP contribution in [-0.4, -0.2) is 26.2 Å². The van der Waals surface area contributed by atoms with E-state index in [-0.39, 0.29) is 5.97 Å². The number of hydrogen-bond donors (Lipinski definition) is 1. The molecule has 1 aliphatic heterocycles. The van der Waals surface area contributed by atoms with Crippen LogP contribution in [0.15, 0.2) is 18.2 Å². The van der Waals surface area contributed by atoms with E-state index in [1.54, 1.807) is 6.07 Å². The van der Waals surface area contributed by atoms with E-state index < -0.39 is 0 Å². The number of ether oxygens (including phenoxy) is 1. The summed E-state index contributed by atoms with van der Waals surface area (Å²) in [5.74, 6) is 0.936. The van der Waals surface area contributed by atoms with Crippen molar-refractivity contribution in [1.29, 1.82) is 0 Å². The molecule has 0 aliphatic carbocycles. The average molecular weight is 248 g/mol. The summed E-state index contributed by atoms with van der Waals surface area (Å²) >= 11 is 0. The van der Waals surface area contributed by atoms with Crippen LogP contribution in [0.5, 0.6) is 0 Å². The quantitative estimate of drug-likeness (QED) is 0.643. The first kappa shape index (κ1) is 12.7. The molecular formula is C14H20N2O2. The zero-order valence-corrected chi connectivity index (χ0v) is 11.1. The monoisotopic (exact) mass is 248 g/mol. The van der Waals surface area contributed by atoms with Gasteiger partial charge in [0.2, 0.25) is 0 Å². The standard InChI is InChI=1S/C14H20N2O2/c1-9-7-16(8-10(9)2)13-5-4-11(15)6-12(13)14(17)18-3/h4-6,9-10H,7-8,15H2,1-3H3. The van der Waals surface area contributed by atoms with Crippen molar-refractivity contribution < 1.29 is 9.53 Å². The third-order valence-electron chi connectivity index (χ3n) is 3.75. The molecule has 0 saturated carbocycles. The summed E-state index contributed by atoms with van der Waals surface area (Å²) in [4.78, 5) is 14.0. The molecule has 1 aromatic carbocycles. The van der Waals surface area contributed by atoms with E-state index >= 15 is 0 Å². The molecule has 0 amide bonds. The number of rotatable bonds is 2. The molecule has 1 fully saturated rings. The molecule has 4 heteroatoms. The fourth-order valence-corrected chi connectivity index (χ4v) is 2.43. The largest absolute Gasteiger partial charge is 0.465 e. The molecule has 1 aliphatic rings. The van der Waals surface area contributed by atoms with E-state index in [4.69, 9.17) is 10.5 Å². The molecule has 0 aromatic heterocycles. The summed E-state index contributed by atoms with van der Waals surface area (Å²) in [5.41, 5.74) is 7.81. The van der Waals surface area contributed by atoms with Gasteiger partial charge in [-0.3, -0.25) is 0 Å². The average Bonchev–Trinajstić information content (AvgIpc) is 2.68. The topological polar surface area (TPSA) is 55.6 Å². The highest BCUT2D eigenvalue weighted by Crippen LogP contribution is 2.31. The van der Waals surface area contributed by atoms with Gasteiger partial charge in [0.25, 0.3) is 0 Å². The number of nitrogens with two attached hydrogens (primary N) is 1. The number of carbonyl (C=O) groups is 1. The van der Waals surface area contributed by atoms with Crippen LogP contribution in [0.3, 0.4) is 0 Å². The van der Waals surface area contributed by atoms with Crippen LogP contribution >= 0.6 is 0 Å². The number of hydrogen-bond acceptors (Lipinski definition) is 4. The third-order valence-corrected chi connectivity index (χ3v) is 3.75. The Kier molecular flexibility index (Phi) is 3.45. The Balaban J connectivity index is 2.36. The number of esters is 1. The molecule has 1 heterocycles. The number of anilines is 2. The predicted molar refractivity (Wildman–Crippen MR) is 72.7 cm³/mol. The van der Waals surface area contributed by atoms with Crippen LogP contribution in [0.4, 0.5) is 11.4 Å². The Bertz CT molecular complexity index is 449. The van der Waals surface area contributed by atoms with Crippen LogP contribution < -0.4 is 10.6 Å². The van der Waals surface area contributed by atoms with Gasteiger partial charge in [-0.25, -0.2) is 4.79 Å². The molecular weight excluding hydrogens is 228 g/mol. The maximum atomic E-state index is 11.8. The fraction of sp³-hybridized carbons (Fsp3) is 0.500. The van der Waals surface area contributed by atoms with Crippen LogP contribution in [0.1, 0.15) is 24.2 Å². The van der Waals surface area contributed by atoms with Gasteiger partial charge >= 0.3 is 5.97 Å². The Hall–Kier alpha value is -1.71. The molecule has 98 valence electrons. The zero-order valence-electron chi connectivity index (χ0n) is 11.1.